The second-order valence-corrected chi connectivity index (χ2v) is 5.04. The number of aliphatic hydroxyl groups excluding tert-OH is 1. The maximum absolute atomic E-state index is 13.1. The maximum Gasteiger partial charge on any atom is 0.125 e. The molecule has 0 aliphatic carbocycles. The number of nitrogens with one attached hydrogen (secondary N) is 1. The van der Waals surface area contributed by atoms with E-state index in [2.05, 4.69) is 5.32 Å². The Bertz CT molecular complexity index is 530. The highest BCUT2D eigenvalue weighted by Gasteiger charge is 2.10. The van der Waals surface area contributed by atoms with Gasteiger partial charge in [0.25, 0.3) is 0 Å². The first kappa shape index (κ1) is 13.9. The summed E-state index contributed by atoms with van der Waals surface area (Å²) in [5.74, 6) is -0.292. The fourth-order valence-electron chi connectivity index (χ4n) is 1.85. The van der Waals surface area contributed by atoms with E-state index < -0.39 is 0 Å². The van der Waals surface area contributed by atoms with Gasteiger partial charge in [-0.2, -0.15) is 0 Å². The average Bonchev–Trinajstić information content (AvgIpc) is 2.45. The predicted octanol–water partition coefficient (Wildman–Crippen LogP) is 3.69. The molecule has 2 aromatic rings. The highest BCUT2D eigenvalue weighted by molar-refractivity contribution is 7.98. The van der Waals surface area contributed by atoms with E-state index in [1.54, 1.807) is 23.9 Å². The first-order chi connectivity index (χ1) is 9.22. The van der Waals surface area contributed by atoms with Gasteiger partial charge in [-0.25, -0.2) is 4.39 Å². The molecule has 2 N–H and O–H groups in total. The fourth-order valence-corrected chi connectivity index (χ4v) is 2.26. The van der Waals surface area contributed by atoms with Crippen LogP contribution in [-0.2, 0) is 0 Å². The minimum Gasteiger partial charge on any atom is -0.394 e. The summed E-state index contributed by atoms with van der Waals surface area (Å²) in [6.45, 7) is -0.0465. The van der Waals surface area contributed by atoms with Crippen molar-refractivity contribution in [2.45, 2.75) is 10.9 Å². The largest absolute Gasteiger partial charge is 0.394 e. The molecule has 0 amide bonds. The van der Waals surface area contributed by atoms with Gasteiger partial charge in [0.15, 0.2) is 0 Å². The summed E-state index contributed by atoms with van der Waals surface area (Å²) in [4.78, 5) is 1.17. The number of anilines is 1. The molecule has 19 heavy (non-hydrogen) atoms. The lowest BCUT2D eigenvalue weighted by Gasteiger charge is -2.18. The second-order valence-electron chi connectivity index (χ2n) is 4.16. The Morgan fingerprint density at radius 2 is 1.95 bits per heavy atom. The molecule has 0 aliphatic rings. The molecule has 2 rings (SSSR count). The van der Waals surface area contributed by atoms with Gasteiger partial charge in [-0.1, -0.05) is 18.2 Å². The van der Waals surface area contributed by atoms with Crippen molar-refractivity contribution in [1.29, 1.82) is 0 Å². The third-order valence-electron chi connectivity index (χ3n) is 2.87. The molecular weight excluding hydrogens is 261 g/mol. The molecule has 0 spiro atoms. The lowest BCUT2D eigenvalue weighted by atomic mass is 10.1. The smallest absolute Gasteiger partial charge is 0.125 e. The van der Waals surface area contributed by atoms with Crippen LogP contribution < -0.4 is 5.32 Å². The van der Waals surface area contributed by atoms with Gasteiger partial charge in [-0.3, -0.25) is 0 Å². The van der Waals surface area contributed by atoms with Gasteiger partial charge >= 0.3 is 0 Å². The summed E-state index contributed by atoms with van der Waals surface area (Å²) in [5.41, 5.74) is 1.64. The molecule has 4 heteroatoms. The van der Waals surface area contributed by atoms with Crippen LogP contribution in [0.4, 0.5) is 10.1 Å². The monoisotopic (exact) mass is 277 g/mol. The van der Waals surface area contributed by atoms with Gasteiger partial charge in [0.1, 0.15) is 5.82 Å². The number of rotatable bonds is 5. The van der Waals surface area contributed by atoms with Gasteiger partial charge in [-0.15, -0.1) is 11.8 Å². The summed E-state index contributed by atoms with van der Waals surface area (Å²) in [6, 6.07) is 14.0. The number of benzene rings is 2. The van der Waals surface area contributed by atoms with Crippen molar-refractivity contribution in [3.05, 3.63) is 59.9 Å². The van der Waals surface area contributed by atoms with E-state index in [1.807, 2.05) is 30.5 Å². The molecule has 0 aliphatic heterocycles. The quantitative estimate of drug-likeness (QED) is 0.817. The Kier molecular flexibility index (Phi) is 4.82. The highest BCUT2D eigenvalue weighted by Crippen LogP contribution is 2.22. The topological polar surface area (TPSA) is 32.3 Å². The van der Waals surface area contributed by atoms with E-state index >= 15 is 0 Å². The van der Waals surface area contributed by atoms with Crippen LogP contribution in [0, 0.1) is 5.82 Å². The second kappa shape index (κ2) is 6.59. The normalized spacial score (nSPS) is 12.2. The van der Waals surface area contributed by atoms with Crippen molar-refractivity contribution in [3.63, 3.8) is 0 Å². The molecular formula is C15H16FNOS. The molecule has 2 aromatic carbocycles. The zero-order chi connectivity index (χ0) is 13.7. The molecule has 0 saturated carbocycles. The van der Waals surface area contributed by atoms with Crippen LogP contribution in [0.5, 0.6) is 0 Å². The van der Waals surface area contributed by atoms with Crippen molar-refractivity contribution in [2.75, 3.05) is 18.2 Å². The van der Waals surface area contributed by atoms with Crippen LogP contribution in [0.3, 0.4) is 0 Å². The summed E-state index contributed by atoms with van der Waals surface area (Å²) in [6.07, 6.45) is 2.02. The summed E-state index contributed by atoms with van der Waals surface area (Å²) in [7, 11) is 0. The van der Waals surface area contributed by atoms with E-state index in [-0.39, 0.29) is 18.5 Å². The Hall–Kier alpha value is -1.52. The van der Waals surface area contributed by atoms with Crippen LogP contribution >= 0.6 is 11.8 Å². The zero-order valence-corrected chi connectivity index (χ0v) is 11.5. The Labute approximate surface area is 116 Å². The third kappa shape index (κ3) is 3.72. The fraction of sp³-hybridized carbons (Fsp3) is 0.200. The van der Waals surface area contributed by atoms with Crippen molar-refractivity contribution < 1.29 is 9.50 Å². The molecule has 0 bridgehead atoms. The predicted molar refractivity (Wildman–Crippen MR) is 78.1 cm³/mol. The van der Waals surface area contributed by atoms with Crippen LogP contribution in [-0.4, -0.2) is 18.0 Å². The molecule has 0 heterocycles. The first-order valence-corrected chi connectivity index (χ1v) is 7.22. The van der Waals surface area contributed by atoms with Crippen LogP contribution in [0.1, 0.15) is 11.6 Å². The van der Waals surface area contributed by atoms with E-state index in [9.17, 15) is 9.50 Å². The van der Waals surface area contributed by atoms with Crippen LogP contribution in [0.2, 0.25) is 0 Å². The molecule has 0 radical (unpaired) electrons. The van der Waals surface area contributed by atoms with Gasteiger partial charge in [0.2, 0.25) is 0 Å². The first-order valence-electron chi connectivity index (χ1n) is 6.00. The van der Waals surface area contributed by atoms with Crippen molar-refractivity contribution in [3.8, 4) is 0 Å². The average molecular weight is 277 g/mol. The maximum atomic E-state index is 13.1. The van der Waals surface area contributed by atoms with Gasteiger partial charge in [0, 0.05) is 10.6 Å². The molecule has 1 unspecified atom stereocenters. The van der Waals surface area contributed by atoms with E-state index in [4.69, 9.17) is 0 Å². The lowest BCUT2D eigenvalue weighted by molar-refractivity contribution is 0.276. The van der Waals surface area contributed by atoms with Crippen molar-refractivity contribution in [1.82, 2.24) is 0 Å². The Morgan fingerprint density at radius 1 is 1.21 bits per heavy atom. The van der Waals surface area contributed by atoms with Crippen molar-refractivity contribution >= 4 is 17.4 Å². The van der Waals surface area contributed by atoms with Gasteiger partial charge < -0.3 is 10.4 Å². The van der Waals surface area contributed by atoms with E-state index in [1.165, 1.54) is 17.0 Å². The van der Waals surface area contributed by atoms with E-state index in [0.29, 0.717) is 5.69 Å². The van der Waals surface area contributed by atoms with Crippen LogP contribution in [0.15, 0.2) is 53.4 Å². The minimum atomic E-state index is -0.292. The molecule has 0 saturated heterocycles. The third-order valence-corrected chi connectivity index (χ3v) is 3.61. The summed E-state index contributed by atoms with van der Waals surface area (Å²) in [5, 5.41) is 12.6. The molecule has 100 valence electrons. The SMILES string of the molecule is CSc1ccc(C(CO)Nc2cccc(F)c2)cc1. The number of thioether (sulfide) groups is 1. The number of aliphatic hydroxyl groups is 1. The number of hydrogen-bond acceptors (Lipinski definition) is 3. The van der Waals surface area contributed by atoms with Gasteiger partial charge in [0.05, 0.1) is 12.6 Å². The van der Waals surface area contributed by atoms with Crippen molar-refractivity contribution in [2.24, 2.45) is 0 Å². The molecule has 0 fully saturated rings. The molecule has 2 nitrogen and oxygen atoms in total. The highest BCUT2D eigenvalue weighted by atomic mass is 32.2. The standard InChI is InChI=1S/C15H16FNOS/c1-19-14-7-5-11(6-8-14)15(10-18)17-13-4-2-3-12(16)9-13/h2-9,15,17-18H,10H2,1H3. The number of hydrogen-bond donors (Lipinski definition) is 2. The van der Waals surface area contributed by atoms with E-state index in [0.717, 1.165) is 5.56 Å². The minimum absolute atomic E-state index is 0.0465. The Morgan fingerprint density at radius 3 is 2.53 bits per heavy atom. The molecule has 0 aromatic heterocycles. The zero-order valence-electron chi connectivity index (χ0n) is 10.6. The lowest BCUT2D eigenvalue weighted by Crippen LogP contribution is -2.14. The molecule has 1 atom stereocenters. The summed E-state index contributed by atoms with van der Waals surface area (Å²) < 4.78 is 13.1. The summed E-state index contributed by atoms with van der Waals surface area (Å²) >= 11 is 1.67. The van der Waals surface area contributed by atoms with Crippen LogP contribution in [0.25, 0.3) is 0 Å². The Balaban J connectivity index is 2.15. The van der Waals surface area contributed by atoms with Gasteiger partial charge in [-0.05, 0) is 42.2 Å². The number of halogens is 1.